The van der Waals surface area contributed by atoms with Crippen LogP contribution in [0.15, 0.2) is 106 Å². The maximum atomic E-state index is 10.2. The van der Waals surface area contributed by atoms with Crippen LogP contribution >= 0.6 is 0 Å². The minimum absolute atomic E-state index is 0.0842. The molecule has 43 heavy (non-hydrogen) atoms. The Balaban J connectivity index is 1.51. The van der Waals surface area contributed by atoms with Crippen LogP contribution in [0.2, 0.25) is 0 Å². The summed E-state index contributed by atoms with van der Waals surface area (Å²) >= 11 is 0. The standard InChI is InChI=1S/C40H54O3/c1-29(17-13-19-31(3)21-22-36-33(5)25-34(41)26-37(36,6)7)15-11-12-16-30(2)18-14-20-32(4)23-24-40-38(8,9)27-35(42)28-39(40,10)43-40/h11-20,23-24,34-35,41-42H,25-28H2,1-10H3/b12-11-,17-13-,18-14+,24-23+,29-15+,30-16-,31-19-,32-20+/t34-,35+,39-,40+/m1/s1. The van der Waals surface area contributed by atoms with Gasteiger partial charge < -0.3 is 14.9 Å². The van der Waals surface area contributed by atoms with Crippen LogP contribution in [0.4, 0.5) is 0 Å². The van der Waals surface area contributed by atoms with Gasteiger partial charge in [-0.05, 0) is 72.5 Å². The zero-order valence-corrected chi connectivity index (χ0v) is 28.2. The number of fused-ring (bicyclic) bond motifs is 1. The molecule has 0 bridgehead atoms. The molecule has 0 aromatic rings. The molecule has 1 heterocycles. The Morgan fingerprint density at radius 2 is 1.30 bits per heavy atom. The summed E-state index contributed by atoms with van der Waals surface area (Å²) < 4.78 is 6.24. The van der Waals surface area contributed by atoms with Crippen molar-refractivity contribution in [3.8, 4) is 11.8 Å². The molecular weight excluding hydrogens is 528 g/mol. The maximum absolute atomic E-state index is 10.2. The van der Waals surface area contributed by atoms with Gasteiger partial charge >= 0.3 is 0 Å². The molecule has 2 aliphatic carbocycles. The average molecular weight is 583 g/mol. The highest BCUT2D eigenvalue weighted by molar-refractivity contribution is 5.45. The lowest BCUT2D eigenvalue weighted by Crippen LogP contribution is -2.46. The van der Waals surface area contributed by atoms with Crippen molar-refractivity contribution in [1.82, 2.24) is 0 Å². The maximum Gasteiger partial charge on any atom is 0.121 e. The molecule has 3 heteroatoms. The Kier molecular flexibility index (Phi) is 11.1. The van der Waals surface area contributed by atoms with E-state index in [1.807, 2.05) is 19.1 Å². The molecular formula is C40H54O3. The molecule has 1 saturated heterocycles. The summed E-state index contributed by atoms with van der Waals surface area (Å²) in [6, 6.07) is 0. The fourth-order valence-corrected chi connectivity index (χ4v) is 6.88. The highest BCUT2D eigenvalue weighted by Crippen LogP contribution is 2.66. The van der Waals surface area contributed by atoms with E-state index in [4.69, 9.17) is 4.74 Å². The van der Waals surface area contributed by atoms with Crippen molar-refractivity contribution in [2.75, 3.05) is 0 Å². The van der Waals surface area contributed by atoms with Crippen molar-refractivity contribution in [2.45, 2.75) is 118 Å². The molecule has 0 amide bonds. The first-order valence-corrected chi connectivity index (χ1v) is 15.7. The van der Waals surface area contributed by atoms with E-state index in [9.17, 15) is 10.2 Å². The van der Waals surface area contributed by atoms with Gasteiger partial charge in [-0.3, -0.25) is 0 Å². The summed E-state index contributed by atoms with van der Waals surface area (Å²) in [5, 5.41) is 20.3. The fraction of sp³-hybridized carbons (Fsp3) is 0.500. The van der Waals surface area contributed by atoms with Gasteiger partial charge in [-0.15, -0.1) is 0 Å². The smallest absolute Gasteiger partial charge is 0.121 e. The van der Waals surface area contributed by atoms with Gasteiger partial charge in [-0.25, -0.2) is 0 Å². The molecule has 0 radical (unpaired) electrons. The monoisotopic (exact) mass is 582 g/mol. The molecule has 0 unspecified atom stereocenters. The number of rotatable bonds is 8. The minimum atomic E-state index is -0.294. The molecule has 232 valence electrons. The van der Waals surface area contributed by atoms with E-state index < -0.39 is 0 Å². The number of ether oxygens (including phenoxy) is 1. The van der Waals surface area contributed by atoms with Crippen LogP contribution in [0.3, 0.4) is 0 Å². The SMILES string of the molecule is CC1=C(C#C\C(C)=C/C=C\C(C)=C\C=C/C=C(C)\C=C\C=C(C)\C=C\[C@@]23O[C@]2(C)C[C@@H](O)CC3(C)C)C(C)(C)C[C@H](O)C1. The first-order valence-electron chi connectivity index (χ1n) is 15.7. The van der Waals surface area contributed by atoms with Crippen molar-refractivity contribution >= 4 is 0 Å². The van der Waals surface area contributed by atoms with E-state index in [0.29, 0.717) is 6.42 Å². The van der Waals surface area contributed by atoms with Gasteiger partial charge in [0, 0.05) is 22.8 Å². The second-order valence-electron chi connectivity index (χ2n) is 14.4. The highest BCUT2D eigenvalue weighted by atomic mass is 16.6. The van der Waals surface area contributed by atoms with Gasteiger partial charge in [0.15, 0.2) is 0 Å². The topological polar surface area (TPSA) is 53.0 Å². The van der Waals surface area contributed by atoms with Crippen molar-refractivity contribution < 1.29 is 14.9 Å². The zero-order chi connectivity index (χ0) is 32.1. The van der Waals surface area contributed by atoms with Crippen LogP contribution in [0.5, 0.6) is 0 Å². The van der Waals surface area contributed by atoms with Crippen LogP contribution in [0, 0.1) is 22.7 Å². The van der Waals surface area contributed by atoms with Crippen LogP contribution in [-0.2, 0) is 4.74 Å². The summed E-state index contributed by atoms with van der Waals surface area (Å²) in [7, 11) is 0. The minimum Gasteiger partial charge on any atom is -0.393 e. The van der Waals surface area contributed by atoms with E-state index in [-0.39, 0.29) is 34.2 Å². The summed E-state index contributed by atoms with van der Waals surface area (Å²) in [5.41, 5.74) is 6.13. The second-order valence-corrected chi connectivity index (χ2v) is 14.4. The molecule has 3 aliphatic rings. The molecule has 0 spiro atoms. The number of hydrogen-bond acceptors (Lipinski definition) is 3. The lowest BCUT2D eigenvalue weighted by atomic mass is 9.63. The molecule has 3 nitrogen and oxygen atoms in total. The number of epoxide rings is 1. The molecule has 2 N–H and O–H groups in total. The number of aliphatic hydroxyl groups is 2. The Morgan fingerprint density at radius 3 is 1.88 bits per heavy atom. The van der Waals surface area contributed by atoms with Crippen LogP contribution in [0.1, 0.15) is 94.9 Å². The first kappa shape index (κ1) is 34.6. The van der Waals surface area contributed by atoms with Gasteiger partial charge in [0.05, 0.1) is 12.2 Å². The Labute approximate surface area is 261 Å². The van der Waals surface area contributed by atoms with E-state index in [1.54, 1.807) is 0 Å². The van der Waals surface area contributed by atoms with Crippen molar-refractivity contribution in [3.63, 3.8) is 0 Å². The summed E-state index contributed by atoms with van der Waals surface area (Å²) in [5.74, 6) is 6.68. The molecule has 0 aromatic heterocycles. The number of aliphatic hydroxyl groups excluding tert-OH is 2. The van der Waals surface area contributed by atoms with E-state index in [2.05, 4.69) is 135 Å². The quantitative estimate of drug-likeness (QED) is 0.170. The predicted molar refractivity (Wildman–Crippen MR) is 182 cm³/mol. The number of hydrogen-bond donors (Lipinski definition) is 2. The predicted octanol–water partition coefficient (Wildman–Crippen LogP) is 9.21. The van der Waals surface area contributed by atoms with E-state index >= 15 is 0 Å². The summed E-state index contributed by atoms with van der Waals surface area (Å²) in [6.45, 7) is 21.2. The van der Waals surface area contributed by atoms with Gasteiger partial charge in [0.2, 0.25) is 0 Å². The Hall–Kier alpha value is -2.90. The normalized spacial score (nSPS) is 31.7. The molecule has 0 aromatic carbocycles. The second kappa shape index (κ2) is 13.8. The molecule has 2 fully saturated rings. The third-order valence-corrected chi connectivity index (χ3v) is 9.12. The fourth-order valence-electron chi connectivity index (χ4n) is 6.88. The highest BCUT2D eigenvalue weighted by Gasteiger charge is 2.74. The summed E-state index contributed by atoms with van der Waals surface area (Å²) in [4.78, 5) is 0. The van der Waals surface area contributed by atoms with Crippen LogP contribution in [0.25, 0.3) is 0 Å². The Bertz CT molecular complexity index is 1390. The summed E-state index contributed by atoms with van der Waals surface area (Å²) in [6.07, 6.45) is 27.5. The third-order valence-electron chi connectivity index (χ3n) is 9.12. The van der Waals surface area contributed by atoms with Crippen molar-refractivity contribution in [1.29, 1.82) is 0 Å². The molecule has 3 rings (SSSR count). The van der Waals surface area contributed by atoms with Gasteiger partial charge in [0.1, 0.15) is 11.2 Å². The lowest BCUT2D eigenvalue weighted by Gasteiger charge is -2.39. The average Bonchev–Trinajstić information content (AvgIpc) is 3.49. The van der Waals surface area contributed by atoms with E-state index in [1.165, 1.54) is 22.3 Å². The van der Waals surface area contributed by atoms with Gasteiger partial charge in [-0.1, -0.05) is 129 Å². The lowest BCUT2D eigenvalue weighted by molar-refractivity contribution is 0.0515. The molecule has 1 aliphatic heterocycles. The van der Waals surface area contributed by atoms with Crippen LogP contribution in [-0.4, -0.2) is 33.6 Å². The van der Waals surface area contributed by atoms with E-state index in [0.717, 1.165) is 30.4 Å². The first-order chi connectivity index (χ1) is 20.0. The van der Waals surface area contributed by atoms with Gasteiger partial charge in [0.25, 0.3) is 0 Å². The Morgan fingerprint density at radius 1 is 0.744 bits per heavy atom. The van der Waals surface area contributed by atoms with Gasteiger partial charge in [-0.2, -0.15) is 0 Å². The third kappa shape index (κ3) is 8.82. The van der Waals surface area contributed by atoms with Crippen molar-refractivity contribution in [3.05, 3.63) is 106 Å². The largest absolute Gasteiger partial charge is 0.393 e. The van der Waals surface area contributed by atoms with Crippen LogP contribution < -0.4 is 0 Å². The zero-order valence-electron chi connectivity index (χ0n) is 28.2. The molecule has 1 saturated carbocycles. The molecule has 4 atom stereocenters. The number of allylic oxidation sites excluding steroid dienone is 16. The van der Waals surface area contributed by atoms with Crippen molar-refractivity contribution in [2.24, 2.45) is 10.8 Å².